The summed E-state index contributed by atoms with van der Waals surface area (Å²) >= 11 is 0. The van der Waals surface area contributed by atoms with Crippen molar-refractivity contribution in [2.45, 2.75) is 9.79 Å². The second-order valence-electron chi connectivity index (χ2n) is 4.95. The van der Waals surface area contributed by atoms with Crippen molar-refractivity contribution in [2.75, 3.05) is 38.0 Å². The van der Waals surface area contributed by atoms with E-state index in [0.29, 0.717) is 0 Å². The first kappa shape index (κ1) is 15.1. The highest BCUT2D eigenvalue weighted by Crippen LogP contribution is 2.39. The maximum atomic E-state index is 2.22. The Morgan fingerprint density at radius 1 is 0.650 bits per heavy atom. The number of anilines is 2. The lowest BCUT2D eigenvalue weighted by Gasteiger charge is -2.14. The van der Waals surface area contributed by atoms with Gasteiger partial charge >= 0.3 is 0 Å². The molecule has 0 fully saturated rings. The lowest BCUT2D eigenvalue weighted by Crippen LogP contribution is -2.08. The van der Waals surface area contributed by atoms with Crippen LogP contribution in [0.3, 0.4) is 0 Å². The highest BCUT2D eigenvalue weighted by atomic mass is 33.1. The summed E-state index contributed by atoms with van der Waals surface area (Å²) in [5.41, 5.74) is 2.47. The Balaban J connectivity index is 2.05. The summed E-state index contributed by atoms with van der Waals surface area (Å²) in [4.78, 5) is 6.80. The molecule has 0 heterocycles. The van der Waals surface area contributed by atoms with Crippen LogP contribution in [0.1, 0.15) is 0 Å². The molecular formula is C16H20N2S2. The van der Waals surface area contributed by atoms with E-state index < -0.39 is 0 Å². The third-order valence-electron chi connectivity index (χ3n) is 2.90. The predicted octanol–water partition coefficient (Wildman–Crippen LogP) is 4.62. The first-order chi connectivity index (χ1) is 9.56. The van der Waals surface area contributed by atoms with Gasteiger partial charge in [-0.15, -0.1) is 0 Å². The first-order valence-electron chi connectivity index (χ1n) is 6.45. The van der Waals surface area contributed by atoms with Crippen LogP contribution < -0.4 is 9.80 Å². The Morgan fingerprint density at radius 2 is 1.05 bits per heavy atom. The molecule has 106 valence electrons. The highest BCUT2D eigenvalue weighted by Gasteiger charge is 2.02. The highest BCUT2D eigenvalue weighted by molar-refractivity contribution is 8.76. The maximum Gasteiger partial charge on any atom is 0.0372 e. The Hall–Kier alpha value is -1.26. The van der Waals surface area contributed by atoms with Crippen LogP contribution in [0.4, 0.5) is 11.4 Å². The molecule has 0 saturated carbocycles. The van der Waals surface area contributed by atoms with Crippen molar-refractivity contribution in [3.05, 3.63) is 48.5 Å². The fourth-order valence-electron chi connectivity index (χ4n) is 1.72. The van der Waals surface area contributed by atoms with Crippen LogP contribution >= 0.6 is 21.6 Å². The lowest BCUT2D eigenvalue weighted by molar-refractivity contribution is 1.12. The average molecular weight is 304 g/mol. The third-order valence-corrected chi connectivity index (χ3v) is 5.28. The lowest BCUT2D eigenvalue weighted by atomic mass is 10.3. The van der Waals surface area contributed by atoms with Crippen LogP contribution in [0.2, 0.25) is 0 Å². The van der Waals surface area contributed by atoms with E-state index >= 15 is 0 Å². The summed E-state index contributed by atoms with van der Waals surface area (Å²) in [6, 6.07) is 17.2. The predicted molar refractivity (Wildman–Crippen MR) is 93.3 cm³/mol. The molecule has 0 saturated heterocycles. The molecule has 0 unspecified atom stereocenters. The Bertz CT molecular complexity index is 516. The van der Waals surface area contributed by atoms with Gasteiger partial charge in [-0.25, -0.2) is 0 Å². The zero-order chi connectivity index (χ0) is 14.5. The van der Waals surface area contributed by atoms with Gasteiger partial charge in [-0.2, -0.15) is 0 Å². The normalized spacial score (nSPS) is 10.4. The zero-order valence-electron chi connectivity index (χ0n) is 12.3. The summed E-state index contributed by atoms with van der Waals surface area (Å²) in [5, 5.41) is 0. The molecule has 20 heavy (non-hydrogen) atoms. The van der Waals surface area contributed by atoms with Crippen molar-refractivity contribution >= 4 is 33.0 Å². The van der Waals surface area contributed by atoms with Crippen molar-refractivity contribution in [3.8, 4) is 0 Å². The molecular weight excluding hydrogens is 284 g/mol. The molecule has 0 N–H and O–H groups in total. The monoisotopic (exact) mass is 304 g/mol. The number of nitrogens with zero attached hydrogens (tertiary/aromatic N) is 2. The Morgan fingerprint density at radius 3 is 1.40 bits per heavy atom. The molecule has 0 aliphatic rings. The van der Waals surface area contributed by atoms with Crippen LogP contribution in [0.5, 0.6) is 0 Å². The van der Waals surface area contributed by atoms with Gasteiger partial charge in [0, 0.05) is 49.4 Å². The molecule has 0 amide bonds. The molecule has 0 aromatic heterocycles. The molecule has 0 bridgehead atoms. The molecule has 4 heteroatoms. The topological polar surface area (TPSA) is 6.48 Å². The number of rotatable bonds is 5. The molecule has 2 aromatic rings. The first-order valence-corrected chi connectivity index (χ1v) is 8.60. The summed E-state index contributed by atoms with van der Waals surface area (Å²) in [6.45, 7) is 0. The molecule has 0 aliphatic carbocycles. The molecule has 0 spiro atoms. The zero-order valence-corrected chi connectivity index (χ0v) is 14.0. The van der Waals surface area contributed by atoms with Crippen molar-refractivity contribution in [2.24, 2.45) is 0 Å². The summed E-state index contributed by atoms with van der Waals surface area (Å²) in [6.07, 6.45) is 0. The van der Waals surface area contributed by atoms with Crippen molar-refractivity contribution in [1.82, 2.24) is 0 Å². The fraction of sp³-hybridized carbons (Fsp3) is 0.250. The second kappa shape index (κ2) is 6.95. The van der Waals surface area contributed by atoms with E-state index in [1.165, 1.54) is 21.2 Å². The van der Waals surface area contributed by atoms with Gasteiger partial charge in [-0.3, -0.25) is 0 Å². The van der Waals surface area contributed by atoms with Crippen molar-refractivity contribution in [1.29, 1.82) is 0 Å². The standard InChI is InChI=1S/C16H20N2S2/c1-17(2)13-7-5-9-15(11-13)19-20-16-10-6-8-14(12-16)18(3)4/h5-12H,1-4H3. The van der Waals surface area contributed by atoms with Gasteiger partial charge in [0.15, 0.2) is 0 Å². The van der Waals surface area contributed by atoms with Gasteiger partial charge in [-0.05, 0) is 36.4 Å². The largest absolute Gasteiger partial charge is 0.378 e. The summed E-state index contributed by atoms with van der Waals surface area (Å²) < 4.78 is 0. The summed E-state index contributed by atoms with van der Waals surface area (Å²) in [7, 11) is 11.9. The Labute approximate surface area is 129 Å². The van der Waals surface area contributed by atoms with Gasteiger partial charge < -0.3 is 9.80 Å². The second-order valence-corrected chi connectivity index (χ2v) is 7.23. The fourth-order valence-corrected chi connectivity index (χ4v) is 3.72. The van der Waals surface area contributed by atoms with Gasteiger partial charge in [0.05, 0.1) is 0 Å². The number of hydrogen-bond acceptors (Lipinski definition) is 4. The van der Waals surface area contributed by atoms with Gasteiger partial charge in [0.25, 0.3) is 0 Å². The Kier molecular flexibility index (Phi) is 5.26. The van der Waals surface area contributed by atoms with E-state index in [1.54, 1.807) is 21.6 Å². The average Bonchev–Trinajstić information content (AvgIpc) is 2.45. The van der Waals surface area contributed by atoms with E-state index in [1.807, 2.05) is 0 Å². The smallest absolute Gasteiger partial charge is 0.0372 e. The maximum absolute atomic E-state index is 2.22. The minimum Gasteiger partial charge on any atom is -0.378 e. The number of benzene rings is 2. The molecule has 0 radical (unpaired) electrons. The van der Waals surface area contributed by atoms with E-state index in [4.69, 9.17) is 0 Å². The van der Waals surface area contributed by atoms with Crippen molar-refractivity contribution < 1.29 is 0 Å². The van der Waals surface area contributed by atoms with E-state index in [2.05, 4.69) is 86.5 Å². The molecule has 0 aliphatic heterocycles. The van der Waals surface area contributed by atoms with E-state index in [9.17, 15) is 0 Å². The van der Waals surface area contributed by atoms with Crippen LogP contribution in [0.15, 0.2) is 58.3 Å². The minimum absolute atomic E-state index is 1.23. The van der Waals surface area contributed by atoms with E-state index in [0.717, 1.165) is 0 Å². The van der Waals surface area contributed by atoms with Crippen LogP contribution in [0.25, 0.3) is 0 Å². The molecule has 0 atom stereocenters. The number of hydrogen-bond donors (Lipinski definition) is 0. The third kappa shape index (κ3) is 4.12. The summed E-state index contributed by atoms with van der Waals surface area (Å²) in [5.74, 6) is 0. The van der Waals surface area contributed by atoms with Gasteiger partial charge in [0.1, 0.15) is 0 Å². The SMILES string of the molecule is CN(C)c1cccc(SSc2cccc(N(C)C)c2)c1. The van der Waals surface area contributed by atoms with Crippen molar-refractivity contribution in [3.63, 3.8) is 0 Å². The molecule has 2 aromatic carbocycles. The van der Waals surface area contributed by atoms with Gasteiger partial charge in [-0.1, -0.05) is 33.7 Å². The quantitative estimate of drug-likeness (QED) is 0.743. The molecule has 2 nitrogen and oxygen atoms in total. The van der Waals surface area contributed by atoms with Crippen LogP contribution in [0, 0.1) is 0 Å². The van der Waals surface area contributed by atoms with E-state index in [-0.39, 0.29) is 0 Å². The van der Waals surface area contributed by atoms with Crippen LogP contribution in [-0.4, -0.2) is 28.2 Å². The minimum atomic E-state index is 1.23. The van der Waals surface area contributed by atoms with Crippen LogP contribution in [-0.2, 0) is 0 Å². The van der Waals surface area contributed by atoms with Gasteiger partial charge in [0.2, 0.25) is 0 Å². The molecule has 2 rings (SSSR count).